The molecule has 1 aliphatic heterocycles. The lowest BCUT2D eigenvalue weighted by Crippen LogP contribution is -2.40. The average molecular weight is 437 g/mol. The monoisotopic (exact) mass is 436 g/mol. The Labute approximate surface area is 174 Å². The van der Waals surface area contributed by atoms with Crippen LogP contribution in [0.15, 0.2) is 53.4 Å². The number of sulfonamides is 1. The van der Waals surface area contributed by atoms with Crippen molar-refractivity contribution in [3.8, 4) is 0 Å². The molecule has 3 rings (SSSR count). The number of hydrogen-bond acceptors (Lipinski definition) is 4. The molecule has 154 valence electrons. The molecular formula is C19H21ClN4O4S. The van der Waals surface area contributed by atoms with E-state index in [1.807, 2.05) is 0 Å². The van der Waals surface area contributed by atoms with Crippen LogP contribution in [0.4, 0.5) is 10.5 Å². The molecule has 3 N–H and O–H groups in total. The Morgan fingerprint density at radius 3 is 2.52 bits per heavy atom. The van der Waals surface area contributed by atoms with Gasteiger partial charge in [-0.1, -0.05) is 29.8 Å². The summed E-state index contributed by atoms with van der Waals surface area (Å²) >= 11 is 5.98. The van der Waals surface area contributed by atoms with E-state index in [9.17, 15) is 18.0 Å². The van der Waals surface area contributed by atoms with Crippen molar-refractivity contribution in [2.75, 3.05) is 31.1 Å². The second-order valence-electron chi connectivity index (χ2n) is 6.62. The van der Waals surface area contributed by atoms with Gasteiger partial charge in [0.25, 0.3) is 0 Å². The number of urea groups is 1. The van der Waals surface area contributed by atoms with Gasteiger partial charge in [0, 0.05) is 30.3 Å². The number of nitrogens with two attached hydrogens (primary N) is 1. The summed E-state index contributed by atoms with van der Waals surface area (Å²) in [4.78, 5) is 27.8. The van der Waals surface area contributed by atoms with E-state index in [0.29, 0.717) is 36.8 Å². The number of hydrogen-bond donors (Lipinski definition) is 2. The molecule has 0 radical (unpaired) electrons. The van der Waals surface area contributed by atoms with Crippen molar-refractivity contribution in [1.29, 1.82) is 0 Å². The van der Waals surface area contributed by atoms with E-state index in [0.717, 1.165) is 5.56 Å². The molecular weight excluding hydrogens is 416 g/mol. The molecule has 1 saturated heterocycles. The van der Waals surface area contributed by atoms with Gasteiger partial charge in [0.15, 0.2) is 0 Å². The molecule has 0 spiro atoms. The van der Waals surface area contributed by atoms with Crippen molar-refractivity contribution in [1.82, 2.24) is 10.2 Å². The van der Waals surface area contributed by atoms with E-state index in [2.05, 4.69) is 5.32 Å². The van der Waals surface area contributed by atoms with E-state index >= 15 is 0 Å². The standard InChI is InChI=1S/C19H21ClN4O4S/c20-15-2-1-3-16(12-15)24-11-10-23(19(24)26)13-18(25)22-9-8-14-4-6-17(7-5-14)29(21,27)28/h1-7,12H,8-11,13H2,(H,22,25)(H2,21,27,28). The molecule has 2 aromatic rings. The Morgan fingerprint density at radius 1 is 1.14 bits per heavy atom. The molecule has 0 aromatic heterocycles. The predicted octanol–water partition coefficient (Wildman–Crippen LogP) is 1.59. The van der Waals surface area contributed by atoms with Crippen LogP contribution in [-0.2, 0) is 21.2 Å². The SMILES string of the molecule is NS(=O)(=O)c1ccc(CCNC(=O)CN2CCN(c3cccc(Cl)c3)C2=O)cc1. The number of nitrogens with one attached hydrogen (secondary N) is 1. The van der Waals surface area contributed by atoms with E-state index in [1.165, 1.54) is 17.0 Å². The highest BCUT2D eigenvalue weighted by Crippen LogP contribution is 2.23. The van der Waals surface area contributed by atoms with E-state index in [4.69, 9.17) is 16.7 Å². The van der Waals surface area contributed by atoms with Crippen molar-refractivity contribution >= 4 is 39.2 Å². The number of amides is 3. The van der Waals surface area contributed by atoms with Gasteiger partial charge in [-0.3, -0.25) is 9.69 Å². The first-order chi connectivity index (χ1) is 13.7. The Hall–Kier alpha value is -2.62. The highest BCUT2D eigenvalue weighted by Gasteiger charge is 2.30. The predicted molar refractivity (Wildman–Crippen MR) is 110 cm³/mol. The number of rotatable bonds is 7. The Morgan fingerprint density at radius 2 is 1.86 bits per heavy atom. The van der Waals surface area contributed by atoms with E-state index in [-0.39, 0.29) is 23.4 Å². The Kier molecular flexibility index (Phi) is 6.41. The minimum Gasteiger partial charge on any atom is -0.354 e. The summed E-state index contributed by atoms with van der Waals surface area (Å²) in [5.41, 5.74) is 1.57. The summed E-state index contributed by atoms with van der Waals surface area (Å²) in [5.74, 6) is -0.257. The van der Waals surface area contributed by atoms with E-state index in [1.54, 1.807) is 41.3 Å². The number of carbonyl (C=O) groups excluding carboxylic acids is 2. The lowest BCUT2D eigenvalue weighted by atomic mass is 10.1. The second kappa shape index (κ2) is 8.81. The third-order valence-electron chi connectivity index (χ3n) is 4.54. The van der Waals surface area contributed by atoms with Crippen LogP contribution in [0.1, 0.15) is 5.56 Å². The molecule has 1 fully saturated rings. The Bertz CT molecular complexity index is 1010. The van der Waals surface area contributed by atoms with Crippen LogP contribution in [0.2, 0.25) is 5.02 Å². The van der Waals surface area contributed by atoms with Gasteiger partial charge >= 0.3 is 6.03 Å². The van der Waals surface area contributed by atoms with Crippen LogP contribution >= 0.6 is 11.6 Å². The first kappa shape index (κ1) is 21.1. The minimum atomic E-state index is -3.72. The van der Waals surface area contributed by atoms with Gasteiger partial charge in [0.1, 0.15) is 6.54 Å². The van der Waals surface area contributed by atoms with Gasteiger partial charge in [0.2, 0.25) is 15.9 Å². The molecule has 0 aliphatic carbocycles. The number of primary sulfonamides is 1. The fraction of sp³-hybridized carbons (Fsp3) is 0.263. The van der Waals surface area contributed by atoms with Crippen LogP contribution in [0, 0.1) is 0 Å². The third-order valence-corrected chi connectivity index (χ3v) is 5.70. The lowest BCUT2D eigenvalue weighted by Gasteiger charge is -2.18. The third kappa shape index (κ3) is 5.47. The first-order valence-electron chi connectivity index (χ1n) is 8.94. The van der Waals surface area contributed by atoms with E-state index < -0.39 is 10.0 Å². The molecule has 3 amide bonds. The number of nitrogens with zero attached hydrogens (tertiary/aromatic N) is 2. The fourth-order valence-corrected chi connectivity index (χ4v) is 3.73. The summed E-state index contributed by atoms with van der Waals surface area (Å²) in [7, 11) is -3.72. The van der Waals surface area contributed by atoms with Crippen molar-refractivity contribution in [2.24, 2.45) is 5.14 Å². The van der Waals surface area contributed by atoms with Crippen molar-refractivity contribution in [3.05, 3.63) is 59.1 Å². The molecule has 10 heteroatoms. The summed E-state index contributed by atoms with van der Waals surface area (Å²) in [5, 5.41) is 8.38. The normalized spacial score (nSPS) is 14.3. The zero-order valence-electron chi connectivity index (χ0n) is 15.5. The molecule has 1 aliphatic rings. The molecule has 29 heavy (non-hydrogen) atoms. The molecule has 0 saturated carbocycles. The highest BCUT2D eigenvalue weighted by atomic mass is 35.5. The van der Waals surface area contributed by atoms with Gasteiger partial charge in [0.05, 0.1) is 4.90 Å². The largest absolute Gasteiger partial charge is 0.354 e. The Balaban J connectivity index is 1.47. The number of halogens is 1. The van der Waals surface area contributed by atoms with Gasteiger partial charge in [-0.15, -0.1) is 0 Å². The van der Waals surface area contributed by atoms with Crippen LogP contribution < -0.4 is 15.4 Å². The summed E-state index contributed by atoms with van der Waals surface area (Å²) < 4.78 is 22.5. The van der Waals surface area contributed by atoms with Crippen molar-refractivity contribution in [2.45, 2.75) is 11.3 Å². The number of anilines is 1. The van der Waals surface area contributed by atoms with Crippen LogP contribution in [-0.4, -0.2) is 51.4 Å². The maximum absolute atomic E-state index is 12.5. The van der Waals surface area contributed by atoms with Crippen LogP contribution in [0.25, 0.3) is 0 Å². The molecule has 0 bridgehead atoms. The molecule has 1 heterocycles. The summed E-state index contributed by atoms with van der Waals surface area (Å²) in [6.45, 7) is 1.28. The minimum absolute atomic E-state index is 0.0275. The molecule has 0 unspecified atom stereocenters. The highest BCUT2D eigenvalue weighted by molar-refractivity contribution is 7.89. The molecule has 2 aromatic carbocycles. The summed E-state index contributed by atoms with van der Waals surface area (Å²) in [6, 6.07) is 13.0. The molecule has 8 nitrogen and oxygen atoms in total. The van der Waals surface area contributed by atoms with Crippen molar-refractivity contribution in [3.63, 3.8) is 0 Å². The fourth-order valence-electron chi connectivity index (χ4n) is 3.03. The lowest BCUT2D eigenvalue weighted by molar-refractivity contribution is -0.121. The average Bonchev–Trinajstić information content (AvgIpc) is 3.02. The van der Waals surface area contributed by atoms with Crippen molar-refractivity contribution < 1.29 is 18.0 Å². The van der Waals surface area contributed by atoms with Gasteiger partial charge in [-0.2, -0.15) is 0 Å². The second-order valence-corrected chi connectivity index (χ2v) is 8.62. The van der Waals surface area contributed by atoms with Gasteiger partial charge < -0.3 is 10.2 Å². The van der Waals surface area contributed by atoms with Crippen LogP contribution in [0.3, 0.4) is 0 Å². The maximum atomic E-state index is 12.5. The number of carbonyl (C=O) groups is 2. The smallest absolute Gasteiger partial charge is 0.325 e. The number of benzene rings is 2. The molecule has 0 atom stereocenters. The zero-order chi connectivity index (χ0) is 21.0. The first-order valence-corrected chi connectivity index (χ1v) is 10.9. The summed E-state index contributed by atoms with van der Waals surface area (Å²) in [6.07, 6.45) is 0.527. The zero-order valence-corrected chi connectivity index (χ0v) is 17.1. The van der Waals surface area contributed by atoms with Crippen LogP contribution in [0.5, 0.6) is 0 Å². The van der Waals surface area contributed by atoms with Gasteiger partial charge in [-0.05, 0) is 42.3 Å². The maximum Gasteiger partial charge on any atom is 0.325 e. The topological polar surface area (TPSA) is 113 Å². The van der Waals surface area contributed by atoms with Gasteiger partial charge in [-0.25, -0.2) is 18.4 Å². The quantitative estimate of drug-likeness (QED) is 0.686.